The van der Waals surface area contributed by atoms with Crippen LogP contribution in [0.1, 0.15) is 25.4 Å². The first-order valence-corrected chi connectivity index (χ1v) is 3.30. The Morgan fingerprint density at radius 2 is 2.22 bits per heavy atom. The van der Waals surface area contributed by atoms with E-state index < -0.39 is 0 Å². The van der Waals surface area contributed by atoms with E-state index in [0.29, 0.717) is 0 Å². The second-order valence-corrected chi connectivity index (χ2v) is 1.94. The van der Waals surface area contributed by atoms with Gasteiger partial charge in [-0.3, -0.25) is 0 Å². The van der Waals surface area contributed by atoms with E-state index >= 15 is 0 Å². The van der Waals surface area contributed by atoms with E-state index in [9.17, 15) is 0 Å². The van der Waals surface area contributed by atoms with Gasteiger partial charge in [-0.25, -0.2) is 4.98 Å². The zero-order chi connectivity index (χ0) is 6.69. The monoisotopic (exact) mass is 125 g/mol. The summed E-state index contributed by atoms with van der Waals surface area (Å²) < 4.78 is 5.09. The molecule has 1 aromatic heterocycles. The van der Waals surface area contributed by atoms with Gasteiger partial charge < -0.3 is 4.42 Å². The molecule has 0 spiro atoms. The number of oxazole rings is 1. The van der Waals surface area contributed by atoms with Crippen LogP contribution < -0.4 is 0 Å². The molecule has 1 heterocycles. The van der Waals surface area contributed by atoms with Crippen molar-refractivity contribution in [2.24, 2.45) is 0 Å². The Hall–Kier alpha value is -0.790. The largest absolute Gasteiger partial charge is 0.449 e. The summed E-state index contributed by atoms with van der Waals surface area (Å²) in [7, 11) is 0. The molecule has 0 unspecified atom stereocenters. The Balaban J connectivity index is 2.74. The van der Waals surface area contributed by atoms with Crippen LogP contribution in [0, 0.1) is 0 Å². The summed E-state index contributed by atoms with van der Waals surface area (Å²) in [5.41, 5.74) is 1.05. The normalized spacial score (nSPS) is 10.0. The Bertz CT molecular complexity index is 162. The SMILES string of the molecule is CCc1coc(CC)n1. The zero-order valence-corrected chi connectivity index (χ0v) is 5.85. The van der Waals surface area contributed by atoms with E-state index in [4.69, 9.17) is 4.42 Å². The van der Waals surface area contributed by atoms with Gasteiger partial charge in [-0.2, -0.15) is 0 Å². The van der Waals surface area contributed by atoms with Crippen LogP contribution in [0.5, 0.6) is 0 Å². The molecular formula is C7H11NO. The molecule has 0 radical (unpaired) electrons. The Kier molecular flexibility index (Phi) is 1.88. The van der Waals surface area contributed by atoms with Crippen LogP contribution in [0.15, 0.2) is 10.7 Å². The lowest BCUT2D eigenvalue weighted by atomic mass is 10.4. The van der Waals surface area contributed by atoms with Gasteiger partial charge in [0, 0.05) is 6.42 Å². The summed E-state index contributed by atoms with van der Waals surface area (Å²) in [5.74, 6) is 0.840. The number of hydrogen-bond donors (Lipinski definition) is 0. The first-order valence-electron chi connectivity index (χ1n) is 3.30. The van der Waals surface area contributed by atoms with Crippen molar-refractivity contribution in [3.63, 3.8) is 0 Å². The fourth-order valence-electron chi connectivity index (χ4n) is 0.674. The summed E-state index contributed by atoms with van der Waals surface area (Å²) >= 11 is 0. The fourth-order valence-corrected chi connectivity index (χ4v) is 0.674. The maximum Gasteiger partial charge on any atom is 0.193 e. The first-order chi connectivity index (χ1) is 4.36. The van der Waals surface area contributed by atoms with Gasteiger partial charge in [-0.15, -0.1) is 0 Å². The minimum atomic E-state index is 0.840. The molecule has 0 N–H and O–H groups in total. The number of aromatic nitrogens is 1. The predicted octanol–water partition coefficient (Wildman–Crippen LogP) is 1.80. The number of rotatable bonds is 2. The van der Waals surface area contributed by atoms with Crippen molar-refractivity contribution < 1.29 is 4.42 Å². The van der Waals surface area contributed by atoms with Crippen LogP contribution in [0.3, 0.4) is 0 Å². The third-order valence-electron chi connectivity index (χ3n) is 1.26. The minimum absolute atomic E-state index is 0.840. The smallest absolute Gasteiger partial charge is 0.193 e. The molecule has 0 bridgehead atoms. The Labute approximate surface area is 54.9 Å². The summed E-state index contributed by atoms with van der Waals surface area (Å²) in [4.78, 5) is 4.18. The van der Waals surface area contributed by atoms with Crippen molar-refractivity contribution in [2.45, 2.75) is 26.7 Å². The van der Waals surface area contributed by atoms with E-state index in [1.54, 1.807) is 6.26 Å². The van der Waals surface area contributed by atoms with Crippen LogP contribution >= 0.6 is 0 Å². The van der Waals surface area contributed by atoms with E-state index in [1.807, 2.05) is 6.92 Å². The second kappa shape index (κ2) is 2.67. The van der Waals surface area contributed by atoms with Crippen molar-refractivity contribution in [1.82, 2.24) is 4.98 Å². The van der Waals surface area contributed by atoms with Gasteiger partial charge in [0.15, 0.2) is 5.89 Å². The maximum atomic E-state index is 5.09. The van der Waals surface area contributed by atoms with Gasteiger partial charge in [0.05, 0.1) is 5.69 Å². The van der Waals surface area contributed by atoms with E-state index in [-0.39, 0.29) is 0 Å². The van der Waals surface area contributed by atoms with Gasteiger partial charge in [0.25, 0.3) is 0 Å². The molecule has 0 aromatic carbocycles. The van der Waals surface area contributed by atoms with Crippen molar-refractivity contribution in [3.8, 4) is 0 Å². The quantitative estimate of drug-likeness (QED) is 0.602. The standard InChI is InChI=1S/C7H11NO/c1-3-6-5-9-7(4-2)8-6/h5H,3-4H2,1-2H3. The van der Waals surface area contributed by atoms with Crippen molar-refractivity contribution in [1.29, 1.82) is 0 Å². The summed E-state index contributed by atoms with van der Waals surface area (Å²) in [5, 5.41) is 0. The molecule has 0 atom stereocenters. The van der Waals surface area contributed by atoms with E-state index in [0.717, 1.165) is 24.4 Å². The van der Waals surface area contributed by atoms with E-state index in [1.165, 1.54) is 0 Å². The lowest BCUT2D eigenvalue weighted by molar-refractivity contribution is 0.501. The molecule has 50 valence electrons. The molecule has 2 nitrogen and oxygen atoms in total. The Morgan fingerprint density at radius 1 is 1.44 bits per heavy atom. The summed E-state index contributed by atoms with van der Waals surface area (Å²) in [6.45, 7) is 4.10. The average molecular weight is 125 g/mol. The number of nitrogens with zero attached hydrogens (tertiary/aromatic N) is 1. The molecule has 0 aliphatic heterocycles. The average Bonchev–Trinajstić information content (AvgIpc) is 2.34. The maximum absolute atomic E-state index is 5.09. The summed E-state index contributed by atoms with van der Waals surface area (Å²) in [6, 6.07) is 0. The van der Waals surface area contributed by atoms with Crippen LogP contribution in [0.2, 0.25) is 0 Å². The van der Waals surface area contributed by atoms with E-state index in [2.05, 4.69) is 11.9 Å². The van der Waals surface area contributed by atoms with Crippen LogP contribution in [0.25, 0.3) is 0 Å². The number of aryl methyl sites for hydroxylation is 2. The lowest BCUT2D eigenvalue weighted by Crippen LogP contribution is -1.81. The first kappa shape index (κ1) is 6.33. The molecule has 2 heteroatoms. The van der Waals surface area contributed by atoms with Gasteiger partial charge >= 0.3 is 0 Å². The molecule has 0 fully saturated rings. The van der Waals surface area contributed by atoms with Gasteiger partial charge in [0.1, 0.15) is 6.26 Å². The van der Waals surface area contributed by atoms with Gasteiger partial charge in [-0.1, -0.05) is 13.8 Å². The zero-order valence-electron chi connectivity index (χ0n) is 5.85. The lowest BCUT2D eigenvalue weighted by Gasteiger charge is -1.80. The van der Waals surface area contributed by atoms with Crippen molar-refractivity contribution >= 4 is 0 Å². The van der Waals surface area contributed by atoms with Gasteiger partial charge in [0.2, 0.25) is 0 Å². The minimum Gasteiger partial charge on any atom is -0.449 e. The van der Waals surface area contributed by atoms with Crippen molar-refractivity contribution in [3.05, 3.63) is 17.8 Å². The van der Waals surface area contributed by atoms with Crippen LogP contribution in [-0.2, 0) is 12.8 Å². The highest BCUT2D eigenvalue weighted by Gasteiger charge is 1.96. The molecule has 0 saturated heterocycles. The molecule has 0 aliphatic carbocycles. The van der Waals surface area contributed by atoms with Crippen LogP contribution in [0.4, 0.5) is 0 Å². The highest BCUT2D eigenvalue weighted by molar-refractivity contribution is 4.95. The molecule has 1 aromatic rings. The highest BCUT2D eigenvalue weighted by Crippen LogP contribution is 2.01. The second-order valence-electron chi connectivity index (χ2n) is 1.94. The third-order valence-corrected chi connectivity index (χ3v) is 1.26. The molecule has 9 heavy (non-hydrogen) atoms. The third kappa shape index (κ3) is 1.31. The summed E-state index contributed by atoms with van der Waals surface area (Å²) in [6.07, 6.45) is 3.57. The molecule has 0 aliphatic rings. The fraction of sp³-hybridized carbons (Fsp3) is 0.571. The molecular weight excluding hydrogens is 114 g/mol. The Morgan fingerprint density at radius 3 is 2.56 bits per heavy atom. The molecule has 1 rings (SSSR count). The van der Waals surface area contributed by atoms with Crippen molar-refractivity contribution in [2.75, 3.05) is 0 Å². The molecule has 0 amide bonds. The molecule has 0 saturated carbocycles. The number of hydrogen-bond acceptors (Lipinski definition) is 2. The van der Waals surface area contributed by atoms with Crippen LogP contribution in [-0.4, -0.2) is 4.98 Å². The van der Waals surface area contributed by atoms with Gasteiger partial charge in [-0.05, 0) is 6.42 Å². The topological polar surface area (TPSA) is 26.0 Å². The predicted molar refractivity (Wildman–Crippen MR) is 35.3 cm³/mol. The highest BCUT2D eigenvalue weighted by atomic mass is 16.3.